The molecule has 0 saturated carbocycles. The van der Waals surface area contributed by atoms with Crippen LogP contribution in [0.15, 0.2) is 17.2 Å². The van der Waals surface area contributed by atoms with Gasteiger partial charge in [0.2, 0.25) is 0 Å². The van der Waals surface area contributed by atoms with E-state index in [-0.39, 0.29) is 0 Å². The van der Waals surface area contributed by atoms with Crippen molar-refractivity contribution in [1.82, 2.24) is 5.43 Å². The van der Waals surface area contributed by atoms with Gasteiger partial charge in [-0.05, 0) is 32.9 Å². The summed E-state index contributed by atoms with van der Waals surface area (Å²) < 4.78 is 4.68. The van der Waals surface area contributed by atoms with Crippen molar-refractivity contribution in [1.29, 1.82) is 0 Å². The zero-order valence-electron chi connectivity index (χ0n) is 9.03. The zero-order chi connectivity index (χ0) is 11.3. The van der Waals surface area contributed by atoms with Gasteiger partial charge in [0.1, 0.15) is 0 Å². The summed E-state index contributed by atoms with van der Waals surface area (Å²) in [7, 11) is 0. The minimum Gasteiger partial charge on any atom is -0.449 e. The molecule has 1 N–H and O–H groups in total. The summed E-state index contributed by atoms with van der Waals surface area (Å²) in [4.78, 5) is 13.2. The molecule has 82 valence electrons. The number of rotatable bonds is 3. The fraction of sp³-hybridized carbons (Fsp3) is 0.400. The van der Waals surface area contributed by atoms with Crippen molar-refractivity contribution in [2.75, 3.05) is 6.61 Å². The van der Waals surface area contributed by atoms with Crippen molar-refractivity contribution in [3.8, 4) is 0 Å². The Morgan fingerprint density at radius 3 is 2.87 bits per heavy atom. The molecule has 0 atom stereocenters. The van der Waals surface area contributed by atoms with Gasteiger partial charge in [-0.3, -0.25) is 0 Å². The highest BCUT2D eigenvalue weighted by atomic mass is 32.1. The number of nitrogens with zero attached hydrogens (tertiary/aromatic N) is 1. The summed E-state index contributed by atoms with van der Waals surface area (Å²) in [5.41, 5.74) is 3.10. The Bertz CT molecular complexity index is 371. The Morgan fingerprint density at radius 1 is 1.60 bits per heavy atom. The van der Waals surface area contributed by atoms with Crippen molar-refractivity contribution in [3.63, 3.8) is 0 Å². The lowest BCUT2D eigenvalue weighted by molar-refractivity contribution is 0.152. The van der Waals surface area contributed by atoms with Crippen LogP contribution in [-0.2, 0) is 4.74 Å². The van der Waals surface area contributed by atoms with E-state index in [0.717, 1.165) is 10.6 Å². The number of ether oxygens (including phenoxy) is 1. The summed E-state index contributed by atoms with van der Waals surface area (Å²) in [5, 5.41) is 3.93. The lowest BCUT2D eigenvalue weighted by atomic mass is 10.3. The molecule has 0 radical (unpaired) electrons. The van der Waals surface area contributed by atoms with Crippen molar-refractivity contribution in [3.05, 3.63) is 21.9 Å². The van der Waals surface area contributed by atoms with Gasteiger partial charge in [-0.2, -0.15) is 5.10 Å². The average molecular weight is 226 g/mol. The van der Waals surface area contributed by atoms with Gasteiger partial charge in [-0.1, -0.05) is 0 Å². The summed E-state index contributed by atoms with van der Waals surface area (Å²) in [6, 6.07) is 4.00. The van der Waals surface area contributed by atoms with Crippen LogP contribution >= 0.6 is 11.3 Å². The first-order valence-corrected chi connectivity index (χ1v) is 5.49. The highest BCUT2D eigenvalue weighted by Crippen LogP contribution is 2.15. The molecule has 0 aliphatic heterocycles. The largest absolute Gasteiger partial charge is 0.449 e. The van der Waals surface area contributed by atoms with Gasteiger partial charge in [0, 0.05) is 4.88 Å². The third-order valence-corrected chi connectivity index (χ3v) is 2.80. The smallest absolute Gasteiger partial charge is 0.427 e. The molecule has 1 amide bonds. The Hall–Kier alpha value is -1.36. The Labute approximate surface area is 93.0 Å². The third-order valence-electron chi connectivity index (χ3n) is 1.69. The first-order valence-electron chi connectivity index (χ1n) is 4.67. The van der Waals surface area contributed by atoms with E-state index in [1.54, 1.807) is 18.3 Å². The molecule has 0 fully saturated rings. The highest BCUT2D eigenvalue weighted by molar-refractivity contribution is 7.14. The summed E-state index contributed by atoms with van der Waals surface area (Å²) in [6.07, 6.45) is -0.523. The molecule has 0 spiro atoms. The predicted molar refractivity (Wildman–Crippen MR) is 61.4 cm³/mol. The normalized spacial score (nSPS) is 11.3. The van der Waals surface area contributed by atoms with E-state index in [1.165, 1.54) is 4.88 Å². The topological polar surface area (TPSA) is 50.7 Å². The van der Waals surface area contributed by atoms with Gasteiger partial charge in [-0.15, -0.1) is 11.3 Å². The minimum atomic E-state index is -0.523. The van der Waals surface area contributed by atoms with Crippen LogP contribution in [0.2, 0.25) is 0 Å². The highest BCUT2D eigenvalue weighted by Gasteiger charge is 2.02. The molecule has 0 aromatic carbocycles. The van der Waals surface area contributed by atoms with E-state index in [4.69, 9.17) is 0 Å². The lowest BCUT2D eigenvalue weighted by Crippen LogP contribution is -2.20. The lowest BCUT2D eigenvalue weighted by Gasteiger charge is -2.00. The number of aryl methyl sites for hydroxylation is 1. The van der Waals surface area contributed by atoms with Crippen LogP contribution in [0.5, 0.6) is 0 Å². The van der Waals surface area contributed by atoms with Crippen molar-refractivity contribution < 1.29 is 9.53 Å². The SMILES string of the molecule is CCOC(=O)N/N=C(\C)c1ccc(C)s1. The number of nitrogens with one attached hydrogen (secondary N) is 1. The van der Waals surface area contributed by atoms with Gasteiger partial charge < -0.3 is 4.74 Å². The van der Waals surface area contributed by atoms with E-state index in [2.05, 4.69) is 15.3 Å². The molecule has 1 aromatic rings. The molecule has 0 aliphatic carbocycles. The number of thiophene rings is 1. The molecule has 0 aliphatic rings. The fourth-order valence-corrected chi connectivity index (χ4v) is 1.79. The van der Waals surface area contributed by atoms with E-state index >= 15 is 0 Å². The van der Waals surface area contributed by atoms with Crippen LogP contribution in [0.3, 0.4) is 0 Å². The Kier molecular flexibility index (Phi) is 4.30. The number of carbonyl (C=O) groups excluding carboxylic acids is 1. The first kappa shape index (κ1) is 11.7. The number of carbonyl (C=O) groups is 1. The van der Waals surface area contributed by atoms with Crippen LogP contribution in [0.25, 0.3) is 0 Å². The van der Waals surface area contributed by atoms with E-state index in [9.17, 15) is 4.79 Å². The Balaban J connectivity index is 2.56. The molecular formula is C10H14N2O2S. The number of amides is 1. The molecule has 15 heavy (non-hydrogen) atoms. The van der Waals surface area contributed by atoms with Gasteiger partial charge in [-0.25, -0.2) is 10.2 Å². The van der Waals surface area contributed by atoms with Crippen LogP contribution in [0.4, 0.5) is 4.79 Å². The molecule has 0 saturated heterocycles. The Morgan fingerprint density at radius 2 is 2.33 bits per heavy atom. The summed E-state index contributed by atoms with van der Waals surface area (Å²) in [6.45, 7) is 5.97. The summed E-state index contributed by atoms with van der Waals surface area (Å²) in [5.74, 6) is 0. The standard InChI is InChI=1S/C10H14N2O2S/c1-4-14-10(13)12-11-8(3)9-6-5-7(2)15-9/h5-6H,4H2,1-3H3,(H,12,13)/b11-8+. The molecule has 1 heterocycles. The van der Waals surface area contributed by atoms with Gasteiger partial charge >= 0.3 is 6.09 Å². The maximum absolute atomic E-state index is 10.9. The second-order valence-electron chi connectivity index (χ2n) is 2.94. The van der Waals surface area contributed by atoms with Crippen LogP contribution in [0, 0.1) is 6.92 Å². The summed E-state index contributed by atoms with van der Waals surface area (Å²) >= 11 is 1.64. The fourth-order valence-electron chi connectivity index (χ4n) is 0.977. The second-order valence-corrected chi connectivity index (χ2v) is 4.23. The maximum atomic E-state index is 10.9. The molecule has 1 rings (SSSR count). The van der Waals surface area contributed by atoms with E-state index in [1.807, 2.05) is 26.0 Å². The van der Waals surface area contributed by atoms with Gasteiger partial charge in [0.15, 0.2) is 0 Å². The van der Waals surface area contributed by atoms with Crippen LogP contribution in [0.1, 0.15) is 23.6 Å². The van der Waals surface area contributed by atoms with Crippen molar-refractivity contribution >= 4 is 23.1 Å². The number of hydrogen-bond acceptors (Lipinski definition) is 4. The molecule has 4 nitrogen and oxygen atoms in total. The maximum Gasteiger partial charge on any atom is 0.427 e. The molecular weight excluding hydrogens is 212 g/mol. The quantitative estimate of drug-likeness (QED) is 0.636. The molecule has 1 aromatic heterocycles. The van der Waals surface area contributed by atoms with Crippen LogP contribution in [-0.4, -0.2) is 18.4 Å². The zero-order valence-corrected chi connectivity index (χ0v) is 9.85. The third kappa shape index (κ3) is 3.71. The minimum absolute atomic E-state index is 0.346. The van der Waals surface area contributed by atoms with E-state index in [0.29, 0.717) is 6.61 Å². The number of hydrazone groups is 1. The monoisotopic (exact) mass is 226 g/mol. The van der Waals surface area contributed by atoms with Crippen LogP contribution < -0.4 is 5.43 Å². The molecule has 0 unspecified atom stereocenters. The first-order chi connectivity index (χ1) is 7.13. The van der Waals surface area contributed by atoms with Gasteiger partial charge in [0.05, 0.1) is 17.2 Å². The van der Waals surface area contributed by atoms with Gasteiger partial charge in [0.25, 0.3) is 0 Å². The van der Waals surface area contributed by atoms with E-state index < -0.39 is 6.09 Å². The number of hydrogen-bond donors (Lipinski definition) is 1. The molecule has 5 heteroatoms. The molecule has 0 bridgehead atoms. The predicted octanol–water partition coefficient (Wildman–Crippen LogP) is 2.53. The van der Waals surface area contributed by atoms with Crippen molar-refractivity contribution in [2.45, 2.75) is 20.8 Å². The average Bonchev–Trinajstić information content (AvgIpc) is 2.62. The second kappa shape index (κ2) is 5.50. The van der Waals surface area contributed by atoms with Crippen molar-refractivity contribution in [2.24, 2.45) is 5.10 Å².